The van der Waals surface area contributed by atoms with E-state index >= 15 is 0 Å². The van der Waals surface area contributed by atoms with Crippen LogP contribution in [-0.4, -0.2) is 17.6 Å². The van der Waals surface area contributed by atoms with E-state index in [1.807, 2.05) is 0 Å². The maximum Gasteiger partial charge on any atom is 0.223 e. The molecule has 4 aliphatic carbocycles. The third-order valence-electron chi connectivity index (χ3n) is 5.04. The highest BCUT2D eigenvalue weighted by atomic mass is 16.3. The van der Waals surface area contributed by atoms with Crippen molar-refractivity contribution >= 4 is 5.91 Å². The van der Waals surface area contributed by atoms with Crippen LogP contribution in [0.1, 0.15) is 38.5 Å². The fourth-order valence-electron chi connectivity index (χ4n) is 4.93. The molecule has 0 aromatic heterocycles. The molecule has 0 heterocycles. The van der Waals surface area contributed by atoms with E-state index in [0.29, 0.717) is 11.8 Å². The van der Waals surface area contributed by atoms with Crippen LogP contribution in [0.3, 0.4) is 0 Å². The van der Waals surface area contributed by atoms with Gasteiger partial charge in [0, 0.05) is 6.61 Å². The molecular weight excluding hydrogens is 190 g/mol. The second-order valence-electron chi connectivity index (χ2n) is 6.26. The molecule has 4 bridgehead atoms. The van der Waals surface area contributed by atoms with Crippen molar-refractivity contribution in [2.75, 3.05) is 6.61 Å². The highest BCUT2D eigenvalue weighted by molar-refractivity contribution is 5.81. The van der Waals surface area contributed by atoms with E-state index in [-0.39, 0.29) is 23.3 Å². The van der Waals surface area contributed by atoms with Crippen molar-refractivity contribution in [3.8, 4) is 0 Å². The fraction of sp³-hybridized carbons (Fsp3) is 0.917. The van der Waals surface area contributed by atoms with E-state index in [2.05, 4.69) is 0 Å². The number of aliphatic hydroxyl groups excluding tert-OH is 1. The van der Waals surface area contributed by atoms with Gasteiger partial charge in [-0.15, -0.1) is 0 Å². The van der Waals surface area contributed by atoms with Crippen LogP contribution in [0.25, 0.3) is 0 Å². The summed E-state index contributed by atoms with van der Waals surface area (Å²) in [7, 11) is 0. The SMILES string of the molecule is NC(=O)C12CC3C[C@H](CC(CO)(C3)C1)C2. The summed E-state index contributed by atoms with van der Waals surface area (Å²) < 4.78 is 0. The number of amides is 1. The van der Waals surface area contributed by atoms with Gasteiger partial charge in [0.2, 0.25) is 5.91 Å². The summed E-state index contributed by atoms with van der Waals surface area (Å²) in [4.78, 5) is 11.7. The summed E-state index contributed by atoms with van der Waals surface area (Å²) in [5.74, 6) is 1.17. The minimum absolute atomic E-state index is 0.0408. The van der Waals surface area contributed by atoms with E-state index in [0.717, 1.165) is 32.1 Å². The molecule has 0 aromatic carbocycles. The van der Waals surface area contributed by atoms with Gasteiger partial charge in [-0.25, -0.2) is 0 Å². The van der Waals surface area contributed by atoms with Crippen molar-refractivity contribution in [1.82, 2.24) is 0 Å². The predicted molar refractivity (Wildman–Crippen MR) is 55.8 cm³/mol. The van der Waals surface area contributed by atoms with Crippen molar-refractivity contribution in [3.05, 3.63) is 0 Å². The predicted octanol–water partition coefficient (Wildman–Crippen LogP) is 1.05. The van der Waals surface area contributed by atoms with Gasteiger partial charge in [-0.05, 0) is 55.8 Å². The van der Waals surface area contributed by atoms with Crippen LogP contribution >= 0.6 is 0 Å². The normalized spacial score (nSPS) is 52.1. The first-order valence-corrected chi connectivity index (χ1v) is 5.98. The van der Waals surface area contributed by atoms with Crippen molar-refractivity contribution in [1.29, 1.82) is 0 Å². The number of carbonyl (C=O) groups is 1. The Morgan fingerprint density at radius 2 is 1.87 bits per heavy atom. The molecule has 4 atom stereocenters. The Labute approximate surface area is 90.0 Å². The summed E-state index contributed by atoms with van der Waals surface area (Å²) >= 11 is 0. The largest absolute Gasteiger partial charge is 0.396 e. The lowest BCUT2D eigenvalue weighted by Gasteiger charge is -2.60. The first-order valence-electron chi connectivity index (χ1n) is 5.98. The fourth-order valence-corrected chi connectivity index (χ4v) is 4.93. The Hall–Kier alpha value is -0.570. The van der Waals surface area contributed by atoms with E-state index < -0.39 is 0 Å². The van der Waals surface area contributed by atoms with Gasteiger partial charge in [0.25, 0.3) is 0 Å². The molecule has 84 valence electrons. The number of aliphatic hydroxyl groups is 1. The number of carbonyl (C=O) groups excluding carboxylic acids is 1. The van der Waals surface area contributed by atoms with Crippen molar-refractivity contribution in [3.63, 3.8) is 0 Å². The first kappa shape index (κ1) is 9.64. The lowest BCUT2D eigenvalue weighted by Crippen LogP contribution is -2.57. The van der Waals surface area contributed by atoms with Gasteiger partial charge in [-0.2, -0.15) is 0 Å². The average Bonchev–Trinajstić information content (AvgIpc) is 2.15. The van der Waals surface area contributed by atoms with E-state index in [4.69, 9.17) is 5.73 Å². The Kier molecular flexibility index (Phi) is 1.77. The number of rotatable bonds is 2. The van der Waals surface area contributed by atoms with E-state index in [1.165, 1.54) is 6.42 Å². The topological polar surface area (TPSA) is 63.3 Å². The van der Waals surface area contributed by atoms with E-state index in [9.17, 15) is 9.90 Å². The van der Waals surface area contributed by atoms with Gasteiger partial charge in [-0.1, -0.05) is 0 Å². The third kappa shape index (κ3) is 1.19. The molecule has 4 rings (SSSR count). The molecule has 4 fully saturated rings. The van der Waals surface area contributed by atoms with Gasteiger partial charge in [-0.3, -0.25) is 4.79 Å². The summed E-state index contributed by atoms with van der Waals surface area (Å²) in [6.45, 7) is 0.245. The Morgan fingerprint density at radius 1 is 1.27 bits per heavy atom. The summed E-state index contributed by atoms with van der Waals surface area (Å²) in [6.07, 6.45) is 6.32. The molecule has 3 unspecified atom stereocenters. The monoisotopic (exact) mass is 209 g/mol. The van der Waals surface area contributed by atoms with Crippen LogP contribution in [-0.2, 0) is 4.79 Å². The van der Waals surface area contributed by atoms with Crippen LogP contribution in [0.2, 0.25) is 0 Å². The Bertz CT molecular complexity index is 299. The molecule has 0 aliphatic heterocycles. The van der Waals surface area contributed by atoms with Crippen LogP contribution in [0.15, 0.2) is 0 Å². The first-order chi connectivity index (χ1) is 7.07. The smallest absolute Gasteiger partial charge is 0.223 e. The molecule has 4 aliphatic rings. The number of hydrogen-bond donors (Lipinski definition) is 2. The zero-order valence-electron chi connectivity index (χ0n) is 9.04. The average molecular weight is 209 g/mol. The van der Waals surface area contributed by atoms with Crippen molar-refractivity contribution < 1.29 is 9.90 Å². The molecule has 4 saturated carbocycles. The molecule has 0 saturated heterocycles. The standard InChI is InChI=1S/C12H19NO2/c13-10(15)12-4-8-1-9(5-12)3-11(2-8,6-12)7-14/h8-9,14H,1-7H2,(H2,13,15)/t8-,9?,11?,12?/m1/s1. The third-order valence-corrected chi connectivity index (χ3v) is 5.04. The van der Waals surface area contributed by atoms with Crippen molar-refractivity contribution in [2.45, 2.75) is 38.5 Å². The molecule has 3 nitrogen and oxygen atoms in total. The van der Waals surface area contributed by atoms with Crippen LogP contribution in [0, 0.1) is 22.7 Å². The van der Waals surface area contributed by atoms with Gasteiger partial charge in [0.1, 0.15) is 0 Å². The van der Waals surface area contributed by atoms with Gasteiger partial charge >= 0.3 is 0 Å². The summed E-state index contributed by atoms with van der Waals surface area (Å²) in [6, 6.07) is 0. The zero-order valence-corrected chi connectivity index (χ0v) is 9.04. The minimum atomic E-state index is -0.257. The van der Waals surface area contributed by atoms with Crippen LogP contribution < -0.4 is 5.73 Å². The molecule has 0 spiro atoms. The lowest BCUT2D eigenvalue weighted by atomic mass is 9.44. The van der Waals surface area contributed by atoms with Crippen LogP contribution in [0.5, 0.6) is 0 Å². The maximum absolute atomic E-state index is 11.7. The molecule has 0 aromatic rings. The van der Waals surface area contributed by atoms with Gasteiger partial charge in [0.15, 0.2) is 0 Å². The molecule has 1 amide bonds. The highest BCUT2D eigenvalue weighted by Gasteiger charge is 2.59. The van der Waals surface area contributed by atoms with E-state index in [1.54, 1.807) is 0 Å². The molecule has 3 heteroatoms. The second kappa shape index (κ2) is 2.76. The van der Waals surface area contributed by atoms with Crippen LogP contribution in [0.4, 0.5) is 0 Å². The van der Waals surface area contributed by atoms with Gasteiger partial charge in [0.05, 0.1) is 5.41 Å². The quantitative estimate of drug-likeness (QED) is 0.714. The number of primary amides is 1. The molecule has 0 radical (unpaired) electrons. The second-order valence-corrected chi connectivity index (χ2v) is 6.26. The minimum Gasteiger partial charge on any atom is -0.396 e. The van der Waals surface area contributed by atoms with Gasteiger partial charge < -0.3 is 10.8 Å². The Morgan fingerprint density at radius 3 is 2.33 bits per heavy atom. The Balaban J connectivity index is 1.99. The maximum atomic E-state index is 11.7. The lowest BCUT2D eigenvalue weighted by molar-refractivity contribution is -0.159. The molecule has 3 N–H and O–H groups in total. The number of hydrogen-bond acceptors (Lipinski definition) is 2. The molecular formula is C12H19NO2. The van der Waals surface area contributed by atoms with Crippen molar-refractivity contribution in [2.24, 2.45) is 28.4 Å². The molecule has 15 heavy (non-hydrogen) atoms. The highest BCUT2D eigenvalue weighted by Crippen LogP contribution is 2.64. The summed E-state index contributed by atoms with van der Waals surface area (Å²) in [5.41, 5.74) is 5.37. The summed E-state index contributed by atoms with van der Waals surface area (Å²) in [5, 5.41) is 9.58. The number of nitrogens with two attached hydrogens (primary N) is 1. The zero-order chi connectivity index (χ0) is 10.7.